The van der Waals surface area contributed by atoms with E-state index in [0.29, 0.717) is 23.2 Å². The molecular weight excluding hydrogens is 386 g/mol. The highest BCUT2D eigenvalue weighted by molar-refractivity contribution is 7.18. The van der Waals surface area contributed by atoms with Crippen molar-refractivity contribution in [3.05, 3.63) is 45.8 Å². The van der Waals surface area contributed by atoms with Gasteiger partial charge in [-0.05, 0) is 43.7 Å². The molecule has 1 heterocycles. The summed E-state index contributed by atoms with van der Waals surface area (Å²) in [6.45, 7) is 3.06. The van der Waals surface area contributed by atoms with Crippen molar-refractivity contribution in [2.24, 2.45) is 0 Å². The van der Waals surface area contributed by atoms with E-state index in [4.69, 9.17) is 14.2 Å². The molecule has 148 valence electrons. The number of carbonyl (C=O) groups excluding carboxylic acids is 4. The molecule has 8 nitrogen and oxygen atoms in total. The zero-order chi connectivity index (χ0) is 20.7. The molecule has 0 atom stereocenters. The molecule has 0 fully saturated rings. The number of benzene rings is 1. The summed E-state index contributed by atoms with van der Waals surface area (Å²) in [6, 6.07) is 6.24. The molecule has 0 radical (unpaired) electrons. The van der Waals surface area contributed by atoms with E-state index in [9.17, 15) is 19.2 Å². The zero-order valence-corrected chi connectivity index (χ0v) is 16.4. The second-order valence-electron chi connectivity index (χ2n) is 5.50. The van der Waals surface area contributed by atoms with Crippen LogP contribution in [0.3, 0.4) is 0 Å². The summed E-state index contributed by atoms with van der Waals surface area (Å²) in [5.74, 6) is -1.38. The molecule has 1 aromatic carbocycles. The molecule has 2 aromatic rings. The van der Waals surface area contributed by atoms with Crippen molar-refractivity contribution in [1.29, 1.82) is 0 Å². The fourth-order valence-electron chi connectivity index (χ4n) is 2.29. The minimum absolute atomic E-state index is 0.107. The van der Waals surface area contributed by atoms with Gasteiger partial charge in [-0.3, -0.25) is 9.59 Å². The number of carbonyl (C=O) groups is 4. The minimum atomic E-state index is -0.646. The Balaban J connectivity index is 2.16. The third kappa shape index (κ3) is 4.95. The van der Waals surface area contributed by atoms with Gasteiger partial charge in [0.05, 0.1) is 19.3 Å². The monoisotopic (exact) mass is 405 g/mol. The van der Waals surface area contributed by atoms with E-state index in [2.05, 4.69) is 5.32 Å². The van der Waals surface area contributed by atoms with Gasteiger partial charge < -0.3 is 19.5 Å². The second-order valence-corrected chi connectivity index (χ2v) is 6.52. The molecule has 9 heteroatoms. The molecule has 0 saturated heterocycles. The number of methoxy groups -OCH3 is 1. The van der Waals surface area contributed by atoms with Gasteiger partial charge in [-0.15, -0.1) is 11.3 Å². The fourth-order valence-corrected chi connectivity index (χ4v) is 3.42. The smallest absolute Gasteiger partial charge is 0.348 e. The molecular formula is C19H19NO7S. The average Bonchev–Trinajstić information content (AvgIpc) is 3.02. The zero-order valence-electron chi connectivity index (χ0n) is 15.6. The van der Waals surface area contributed by atoms with Gasteiger partial charge in [0.1, 0.15) is 21.9 Å². The maximum absolute atomic E-state index is 12.3. The Morgan fingerprint density at radius 1 is 1.14 bits per heavy atom. The van der Waals surface area contributed by atoms with E-state index in [0.717, 1.165) is 11.3 Å². The van der Waals surface area contributed by atoms with Gasteiger partial charge in [-0.1, -0.05) is 0 Å². The Kier molecular flexibility index (Phi) is 7.28. The number of ether oxygens (including phenoxy) is 3. The van der Waals surface area contributed by atoms with Crippen molar-refractivity contribution in [2.75, 3.05) is 25.6 Å². The summed E-state index contributed by atoms with van der Waals surface area (Å²) in [7, 11) is 1.23. The maximum Gasteiger partial charge on any atom is 0.348 e. The van der Waals surface area contributed by atoms with Crippen LogP contribution in [0.1, 0.15) is 42.9 Å². The molecule has 0 unspecified atom stereocenters. The Hall–Kier alpha value is -3.20. The van der Waals surface area contributed by atoms with Gasteiger partial charge in [0.2, 0.25) is 0 Å². The first-order chi connectivity index (χ1) is 13.4. The Morgan fingerprint density at radius 2 is 1.82 bits per heavy atom. The van der Waals surface area contributed by atoms with E-state index < -0.39 is 17.8 Å². The molecule has 0 spiro atoms. The predicted molar refractivity (Wildman–Crippen MR) is 102 cm³/mol. The number of nitrogens with one attached hydrogen (secondary N) is 1. The van der Waals surface area contributed by atoms with Crippen molar-refractivity contribution in [3.8, 4) is 5.75 Å². The van der Waals surface area contributed by atoms with Gasteiger partial charge >= 0.3 is 11.9 Å². The summed E-state index contributed by atoms with van der Waals surface area (Å²) in [4.78, 5) is 47.2. The Labute approximate surface area is 165 Å². The van der Waals surface area contributed by atoms with Crippen LogP contribution in [0.4, 0.5) is 5.00 Å². The summed E-state index contributed by atoms with van der Waals surface area (Å²) >= 11 is 0.926. The van der Waals surface area contributed by atoms with E-state index in [1.165, 1.54) is 7.11 Å². The van der Waals surface area contributed by atoms with Gasteiger partial charge in [0.25, 0.3) is 5.91 Å². The SMILES string of the molecule is CCOC(=O)c1c(NC(=O)COc2ccc(C=O)cc2)sc(C(=O)OC)c1C. The average molecular weight is 405 g/mol. The van der Waals surface area contributed by atoms with E-state index in [-0.39, 0.29) is 28.7 Å². The highest BCUT2D eigenvalue weighted by Crippen LogP contribution is 2.34. The van der Waals surface area contributed by atoms with Gasteiger partial charge in [-0.2, -0.15) is 0 Å². The topological polar surface area (TPSA) is 108 Å². The highest BCUT2D eigenvalue weighted by Gasteiger charge is 2.27. The van der Waals surface area contributed by atoms with Crippen molar-refractivity contribution in [2.45, 2.75) is 13.8 Å². The van der Waals surface area contributed by atoms with E-state index >= 15 is 0 Å². The molecule has 1 amide bonds. The molecule has 0 bridgehead atoms. The van der Waals surface area contributed by atoms with Crippen LogP contribution < -0.4 is 10.1 Å². The molecule has 0 aliphatic carbocycles. The van der Waals surface area contributed by atoms with Gasteiger partial charge in [0, 0.05) is 5.56 Å². The van der Waals surface area contributed by atoms with Gasteiger partial charge in [-0.25, -0.2) is 9.59 Å². The van der Waals surface area contributed by atoms with Crippen LogP contribution in [0.15, 0.2) is 24.3 Å². The lowest BCUT2D eigenvalue weighted by molar-refractivity contribution is -0.118. The molecule has 2 rings (SSSR count). The van der Waals surface area contributed by atoms with Gasteiger partial charge in [0.15, 0.2) is 6.61 Å². The third-order valence-corrected chi connectivity index (χ3v) is 4.82. The lowest BCUT2D eigenvalue weighted by Crippen LogP contribution is -2.21. The molecule has 1 aromatic heterocycles. The lowest BCUT2D eigenvalue weighted by Gasteiger charge is -2.08. The van der Waals surface area contributed by atoms with Crippen LogP contribution in [0.25, 0.3) is 0 Å². The number of hydrogen-bond acceptors (Lipinski definition) is 8. The van der Waals surface area contributed by atoms with Crippen LogP contribution in [0, 0.1) is 6.92 Å². The molecule has 0 saturated carbocycles. The minimum Gasteiger partial charge on any atom is -0.484 e. The van der Waals surface area contributed by atoms with E-state index in [1.54, 1.807) is 38.1 Å². The third-order valence-electron chi connectivity index (χ3n) is 3.64. The first-order valence-corrected chi connectivity index (χ1v) is 9.09. The predicted octanol–water partition coefficient (Wildman–Crippen LogP) is 2.85. The normalized spacial score (nSPS) is 10.1. The quantitative estimate of drug-likeness (QED) is 0.531. The van der Waals surface area contributed by atoms with Crippen LogP contribution in [0.5, 0.6) is 5.75 Å². The summed E-state index contributed by atoms with van der Waals surface area (Å²) in [6.07, 6.45) is 0.700. The number of esters is 2. The molecule has 0 aliphatic heterocycles. The van der Waals surface area contributed by atoms with E-state index in [1.807, 2.05) is 0 Å². The number of anilines is 1. The molecule has 28 heavy (non-hydrogen) atoms. The second kappa shape index (κ2) is 9.65. The Morgan fingerprint density at radius 3 is 2.39 bits per heavy atom. The fraction of sp³-hybridized carbons (Fsp3) is 0.263. The largest absolute Gasteiger partial charge is 0.484 e. The van der Waals surface area contributed by atoms with Crippen molar-refractivity contribution < 1.29 is 33.4 Å². The van der Waals surface area contributed by atoms with Crippen molar-refractivity contribution in [1.82, 2.24) is 0 Å². The summed E-state index contributed by atoms with van der Waals surface area (Å²) < 4.78 is 15.1. The number of thiophene rings is 1. The molecule has 0 aliphatic rings. The summed E-state index contributed by atoms with van der Waals surface area (Å²) in [5, 5.41) is 2.75. The number of rotatable bonds is 8. The summed E-state index contributed by atoms with van der Waals surface area (Å²) in [5.41, 5.74) is 0.965. The number of hydrogen-bond donors (Lipinski definition) is 1. The maximum atomic E-state index is 12.3. The number of amides is 1. The van der Waals surface area contributed by atoms with Crippen LogP contribution in [-0.2, 0) is 14.3 Å². The van der Waals surface area contributed by atoms with Crippen LogP contribution >= 0.6 is 11.3 Å². The first kappa shape index (κ1) is 21.1. The highest BCUT2D eigenvalue weighted by atomic mass is 32.1. The van der Waals surface area contributed by atoms with Crippen molar-refractivity contribution >= 4 is 40.5 Å². The number of aldehydes is 1. The van der Waals surface area contributed by atoms with Crippen LogP contribution in [0.2, 0.25) is 0 Å². The molecule has 1 N–H and O–H groups in total. The first-order valence-electron chi connectivity index (χ1n) is 8.27. The van der Waals surface area contributed by atoms with Crippen molar-refractivity contribution in [3.63, 3.8) is 0 Å². The Bertz CT molecular complexity index is 886. The standard InChI is InChI=1S/C19H19NO7S/c1-4-26-18(23)15-11(2)16(19(24)25-3)28-17(15)20-14(22)10-27-13-7-5-12(9-21)6-8-13/h5-9H,4,10H2,1-3H3,(H,20,22). The van der Waals surface area contributed by atoms with Crippen LogP contribution in [-0.4, -0.2) is 44.5 Å². The lowest BCUT2D eigenvalue weighted by atomic mass is 10.1.